The van der Waals surface area contributed by atoms with Crippen molar-refractivity contribution in [2.45, 2.75) is 19.3 Å². The lowest BCUT2D eigenvalue weighted by Gasteiger charge is -2.25. The Morgan fingerprint density at radius 2 is 1.89 bits per heavy atom. The van der Waals surface area contributed by atoms with Crippen molar-refractivity contribution in [1.29, 1.82) is 0 Å². The minimum Gasteiger partial charge on any atom is -0.317 e. The molecule has 1 N–H and O–H groups in total. The van der Waals surface area contributed by atoms with Crippen LogP contribution in [0.2, 0.25) is 0 Å². The van der Waals surface area contributed by atoms with Crippen LogP contribution in [0.3, 0.4) is 0 Å². The van der Waals surface area contributed by atoms with Gasteiger partial charge in [-0.2, -0.15) is 0 Å². The maximum Gasteiger partial charge on any atom is 0.230 e. The molecule has 1 saturated heterocycles. The Kier molecular flexibility index (Phi) is 4.16. The molecule has 0 radical (unpaired) electrons. The number of rotatable bonds is 2. The maximum atomic E-state index is 12.5. The summed E-state index contributed by atoms with van der Waals surface area (Å²) in [6, 6.07) is 9.93. The van der Waals surface area contributed by atoms with Crippen molar-refractivity contribution in [2.75, 3.05) is 25.0 Å². The summed E-state index contributed by atoms with van der Waals surface area (Å²) in [5.41, 5.74) is 1.32. The van der Waals surface area contributed by atoms with E-state index in [1.165, 1.54) is 0 Å². The molecule has 1 aliphatic heterocycles. The van der Waals surface area contributed by atoms with E-state index in [4.69, 9.17) is 0 Å². The fourth-order valence-corrected chi connectivity index (χ4v) is 3.19. The van der Waals surface area contributed by atoms with Gasteiger partial charge in [0.2, 0.25) is 5.91 Å². The third-order valence-electron chi connectivity index (χ3n) is 4.56. The van der Waals surface area contributed by atoms with E-state index in [9.17, 15) is 4.79 Å². The van der Waals surface area contributed by atoms with Crippen LogP contribution >= 0.6 is 12.4 Å². The first-order chi connectivity index (χ1) is 8.73. The molecule has 1 heterocycles. The number of anilines is 1. The lowest BCUT2D eigenvalue weighted by atomic mass is 9.91. The Bertz CT molecular complexity index is 443. The molecular formula is C15H21ClN2O. The Morgan fingerprint density at radius 3 is 2.53 bits per heavy atom. The number of para-hydroxylation sites is 1. The van der Waals surface area contributed by atoms with Crippen LogP contribution < -0.4 is 10.2 Å². The van der Waals surface area contributed by atoms with E-state index in [1.54, 1.807) is 0 Å². The zero-order valence-corrected chi connectivity index (χ0v) is 12.1. The normalized spacial score (nSPS) is 23.5. The topological polar surface area (TPSA) is 32.3 Å². The molecule has 2 aliphatic rings. The highest BCUT2D eigenvalue weighted by Gasteiger charge is 2.58. The van der Waals surface area contributed by atoms with Crippen LogP contribution in [-0.2, 0) is 4.79 Å². The Morgan fingerprint density at radius 1 is 1.26 bits per heavy atom. The number of amides is 1. The molecule has 1 aliphatic carbocycles. The van der Waals surface area contributed by atoms with Crippen molar-refractivity contribution in [1.82, 2.24) is 5.32 Å². The van der Waals surface area contributed by atoms with Gasteiger partial charge in [-0.05, 0) is 49.9 Å². The largest absolute Gasteiger partial charge is 0.317 e. The molecule has 3 nitrogen and oxygen atoms in total. The fourth-order valence-electron chi connectivity index (χ4n) is 3.19. The van der Waals surface area contributed by atoms with Crippen LogP contribution in [0.15, 0.2) is 30.3 Å². The zero-order chi connectivity index (χ0) is 12.6. The molecule has 104 valence electrons. The first kappa shape index (κ1) is 14.4. The van der Waals surface area contributed by atoms with Crippen molar-refractivity contribution in [2.24, 2.45) is 11.3 Å². The van der Waals surface area contributed by atoms with Crippen LogP contribution in [0.1, 0.15) is 19.3 Å². The van der Waals surface area contributed by atoms with Gasteiger partial charge < -0.3 is 10.2 Å². The minimum atomic E-state index is 0. The van der Waals surface area contributed by atoms with Crippen LogP contribution in [-0.4, -0.2) is 26.0 Å². The van der Waals surface area contributed by atoms with Crippen molar-refractivity contribution in [3.8, 4) is 0 Å². The fraction of sp³-hybridized carbons (Fsp3) is 0.533. The number of carbonyl (C=O) groups is 1. The molecule has 19 heavy (non-hydrogen) atoms. The van der Waals surface area contributed by atoms with Gasteiger partial charge in [-0.3, -0.25) is 4.79 Å². The second-order valence-electron chi connectivity index (χ2n) is 5.60. The summed E-state index contributed by atoms with van der Waals surface area (Å²) < 4.78 is 0. The quantitative estimate of drug-likeness (QED) is 0.903. The summed E-state index contributed by atoms with van der Waals surface area (Å²) in [6.45, 7) is 2.14. The van der Waals surface area contributed by atoms with Gasteiger partial charge in [0.15, 0.2) is 0 Å². The number of hydrogen-bond acceptors (Lipinski definition) is 2. The number of carbonyl (C=O) groups excluding carboxylic acids is 1. The van der Waals surface area contributed by atoms with E-state index in [2.05, 4.69) is 5.32 Å². The van der Waals surface area contributed by atoms with Crippen LogP contribution in [0, 0.1) is 11.3 Å². The van der Waals surface area contributed by atoms with E-state index in [1.807, 2.05) is 42.3 Å². The molecule has 1 aromatic rings. The van der Waals surface area contributed by atoms with E-state index < -0.39 is 0 Å². The number of hydrogen-bond donors (Lipinski definition) is 1. The number of piperidine rings is 1. The molecule has 4 heteroatoms. The van der Waals surface area contributed by atoms with Gasteiger partial charge in [0, 0.05) is 18.7 Å². The van der Waals surface area contributed by atoms with Crippen LogP contribution in [0.5, 0.6) is 0 Å². The molecule has 1 atom stereocenters. The average Bonchev–Trinajstić information content (AvgIpc) is 3.12. The van der Waals surface area contributed by atoms with Crippen molar-refractivity contribution in [3.63, 3.8) is 0 Å². The minimum absolute atomic E-state index is 0. The smallest absolute Gasteiger partial charge is 0.230 e. The first-order valence-corrected chi connectivity index (χ1v) is 6.76. The third-order valence-corrected chi connectivity index (χ3v) is 4.56. The highest BCUT2D eigenvalue weighted by molar-refractivity contribution is 5.96. The first-order valence-electron chi connectivity index (χ1n) is 6.76. The Labute approximate surface area is 120 Å². The highest BCUT2D eigenvalue weighted by Crippen LogP contribution is 2.59. The summed E-state index contributed by atoms with van der Waals surface area (Å²) in [5.74, 6) is 0.549. The molecule has 1 saturated carbocycles. The van der Waals surface area contributed by atoms with Crippen LogP contribution in [0.25, 0.3) is 0 Å². The maximum absolute atomic E-state index is 12.5. The second-order valence-corrected chi connectivity index (χ2v) is 5.60. The average molecular weight is 281 g/mol. The SMILES string of the molecule is CN(C(=O)C1CC12CCNCC2)c1ccccc1.Cl. The summed E-state index contributed by atoms with van der Waals surface area (Å²) in [7, 11) is 1.89. The lowest BCUT2D eigenvalue weighted by Crippen LogP contribution is -2.34. The number of nitrogens with one attached hydrogen (secondary N) is 1. The van der Waals surface area contributed by atoms with Crippen molar-refractivity contribution < 1.29 is 4.79 Å². The van der Waals surface area contributed by atoms with E-state index >= 15 is 0 Å². The molecule has 1 unspecified atom stereocenters. The summed E-state index contributed by atoms with van der Waals surface area (Å²) in [4.78, 5) is 14.3. The van der Waals surface area contributed by atoms with Crippen molar-refractivity contribution in [3.05, 3.63) is 30.3 Å². The predicted molar refractivity (Wildman–Crippen MR) is 79.7 cm³/mol. The Hall–Kier alpha value is -1.06. The molecule has 1 spiro atoms. The van der Waals surface area contributed by atoms with Gasteiger partial charge in [0.1, 0.15) is 0 Å². The third kappa shape index (κ3) is 2.63. The van der Waals surface area contributed by atoms with E-state index in [0.717, 1.165) is 38.0 Å². The van der Waals surface area contributed by atoms with E-state index in [-0.39, 0.29) is 18.3 Å². The lowest BCUT2D eigenvalue weighted by molar-refractivity contribution is -0.120. The van der Waals surface area contributed by atoms with Gasteiger partial charge in [-0.25, -0.2) is 0 Å². The molecule has 2 fully saturated rings. The monoisotopic (exact) mass is 280 g/mol. The van der Waals surface area contributed by atoms with Gasteiger partial charge in [0.05, 0.1) is 0 Å². The summed E-state index contributed by atoms with van der Waals surface area (Å²) in [6.07, 6.45) is 3.41. The van der Waals surface area contributed by atoms with E-state index in [0.29, 0.717) is 11.3 Å². The van der Waals surface area contributed by atoms with Gasteiger partial charge in [-0.1, -0.05) is 18.2 Å². The molecule has 0 bridgehead atoms. The number of benzene rings is 1. The molecule has 1 amide bonds. The molecule has 3 rings (SSSR count). The van der Waals surface area contributed by atoms with Gasteiger partial charge >= 0.3 is 0 Å². The number of nitrogens with zero attached hydrogens (tertiary/aromatic N) is 1. The van der Waals surface area contributed by atoms with Gasteiger partial charge in [-0.15, -0.1) is 12.4 Å². The Balaban J connectivity index is 0.00000133. The molecule has 0 aromatic heterocycles. The predicted octanol–water partition coefficient (Wildman–Crippen LogP) is 2.46. The highest BCUT2D eigenvalue weighted by atomic mass is 35.5. The molecule has 1 aromatic carbocycles. The summed E-state index contributed by atoms with van der Waals surface area (Å²) >= 11 is 0. The molecular weight excluding hydrogens is 260 g/mol. The number of halogens is 1. The second kappa shape index (κ2) is 5.51. The summed E-state index contributed by atoms with van der Waals surface area (Å²) in [5, 5.41) is 3.38. The van der Waals surface area contributed by atoms with Crippen LogP contribution in [0.4, 0.5) is 5.69 Å². The van der Waals surface area contributed by atoms with Crippen molar-refractivity contribution >= 4 is 24.0 Å². The standard InChI is InChI=1S/C15H20N2O.ClH/c1-17(12-5-3-2-4-6-12)14(18)13-11-15(13)7-9-16-10-8-15;/h2-6,13,16H,7-11H2,1H3;1H. The van der Waals surface area contributed by atoms with Gasteiger partial charge in [0.25, 0.3) is 0 Å². The zero-order valence-electron chi connectivity index (χ0n) is 11.3.